The van der Waals surface area contributed by atoms with Gasteiger partial charge in [0.05, 0.1) is 5.41 Å². The molecular formula is C21H28ClNOS. The van der Waals surface area contributed by atoms with Gasteiger partial charge >= 0.3 is 0 Å². The summed E-state index contributed by atoms with van der Waals surface area (Å²) in [5, 5.41) is 4.07. The molecule has 1 aromatic rings. The predicted molar refractivity (Wildman–Crippen MR) is 106 cm³/mol. The van der Waals surface area contributed by atoms with E-state index in [4.69, 9.17) is 11.6 Å². The molecule has 4 fully saturated rings. The van der Waals surface area contributed by atoms with Gasteiger partial charge in [0, 0.05) is 17.3 Å². The molecule has 1 aromatic carbocycles. The number of thioether (sulfide) groups is 1. The third-order valence-electron chi connectivity index (χ3n) is 6.74. The fourth-order valence-corrected chi connectivity index (χ4v) is 6.90. The van der Waals surface area contributed by atoms with Gasteiger partial charge in [-0.3, -0.25) is 4.79 Å². The van der Waals surface area contributed by atoms with Crippen molar-refractivity contribution in [2.45, 2.75) is 50.9 Å². The summed E-state index contributed by atoms with van der Waals surface area (Å²) in [6, 6.07) is 8.45. The molecule has 0 spiro atoms. The van der Waals surface area contributed by atoms with Crippen molar-refractivity contribution in [1.82, 2.24) is 5.32 Å². The Morgan fingerprint density at radius 3 is 2.52 bits per heavy atom. The second-order valence-electron chi connectivity index (χ2n) is 8.48. The summed E-state index contributed by atoms with van der Waals surface area (Å²) in [4.78, 5) is 13.1. The van der Waals surface area contributed by atoms with Gasteiger partial charge in [0.15, 0.2) is 0 Å². The average Bonchev–Trinajstić information content (AvgIpc) is 2.58. The molecule has 4 bridgehead atoms. The zero-order valence-corrected chi connectivity index (χ0v) is 16.6. The van der Waals surface area contributed by atoms with E-state index in [1.165, 1.54) is 24.8 Å². The molecule has 1 N–H and O–H groups in total. The highest BCUT2D eigenvalue weighted by atomic mass is 35.5. The lowest BCUT2D eigenvalue weighted by atomic mass is 9.42. The van der Waals surface area contributed by atoms with Crippen LogP contribution in [-0.2, 0) is 10.2 Å². The molecule has 1 amide bonds. The highest BCUT2D eigenvalue weighted by Gasteiger charge is 2.60. The molecule has 136 valence electrons. The molecule has 25 heavy (non-hydrogen) atoms. The van der Waals surface area contributed by atoms with Crippen LogP contribution in [0.5, 0.6) is 0 Å². The van der Waals surface area contributed by atoms with Crippen molar-refractivity contribution in [3.05, 3.63) is 34.9 Å². The minimum absolute atomic E-state index is 0.124. The average molecular weight is 378 g/mol. The molecule has 2 atom stereocenters. The van der Waals surface area contributed by atoms with E-state index in [9.17, 15) is 4.79 Å². The van der Waals surface area contributed by atoms with Crippen LogP contribution in [0.4, 0.5) is 0 Å². The number of hydrogen-bond acceptors (Lipinski definition) is 2. The largest absolute Gasteiger partial charge is 0.355 e. The number of hydrogen-bond donors (Lipinski definition) is 1. The van der Waals surface area contributed by atoms with Crippen LogP contribution in [0.25, 0.3) is 0 Å². The van der Waals surface area contributed by atoms with Crippen LogP contribution >= 0.6 is 23.4 Å². The smallest absolute Gasteiger partial charge is 0.226 e. The second-order valence-corrected chi connectivity index (χ2v) is 10.3. The summed E-state index contributed by atoms with van der Waals surface area (Å²) in [5.74, 6) is 3.90. The van der Waals surface area contributed by atoms with Crippen LogP contribution in [0.2, 0.25) is 5.02 Å². The highest BCUT2D eigenvalue weighted by Crippen LogP contribution is 2.65. The summed E-state index contributed by atoms with van der Waals surface area (Å²) < 4.78 is 0. The summed E-state index contributed by atoms with van der Waals surface area (Å²) in [6.45, 7) is 2.98. The first kappa shape index (κ1) is 17.7. The van der Waals surface area contributed by atoms with E-state index in [1.807, 2.05) is 23.9 Å². The summed E-state index contributed by atoms with van der Waals surface area (Å²) in [7, 11) is 0. The number of halogens is 1. The molecule has 5 rings (SSSR count). The summed E-state index contributed by atoms with van der Waals surface area (Å²) >= 11 is 8.01. The zero-order valence-electron chi connectivity index (χ0n) is 15.0. The van der Waals surface area contributed by atoms with Crippen LogP contribution in [0.3, 0.4) is 0 Å². The lowest BCUT2D eigenvalue weighted by Crippen LogP contribution is -2.59. The maximum absolute atomic E-state index is 13.1. The number of carbonyl (C=O) groups excluding carboxylic acids is 1. The molecule has 0 aromatic heterocycles. The summed E-state index contributed by atoms with van der Waals surface area (Å²) in [5.41, 5.74) is 1.48. The molecule has 0 radical (unpaired) electrons. The van der Waals surface area contributed by atoms with E-state index in [-0.39, 0.29) is 10.8 Å². The molecule has 4 aliphatic carbocycles. The molecule has 0 saturated heterocycles. The number of benzene rings is 1. The molecule has 4 heteroatoms. The van der Waals surface area contributed by atoms with E-state index >= 15 is 0 Å². The first-order chi connectivity index (χ1) is 12.1. The Kier molecular flexibility index (Phi) is 4.83. The molecule has 4 saturated carbocycles. The maximum Gasteiger partial charge on any atom is 0.226 e. The first-order valence-electron chi connectivity index (χ1n) is 9.67. The molecular weight excluding hydrogens is 350 g/mol. The van der Waals surface area contributed by atoms with Gasteiger partial charge in [-0.05, 0) is 79.2 Å². The Balaban J connectivity index is 1.56. The van der Waals surface area contributed by atoms with Crippen molar-refractivity contribution in [2.75, 3.05) is 18.1 Å². The topological polar surface area (TPSA) is 29.1 Å². The van der Waals surface area contributed by atoms with E-state index < -0.39 is 0 Å². The molecule has 2 nitrogen and oxygen atoms in total. The van der Waals surface area contributed by atoms with Gasteiger partial charge in [-0.2, -0.15) is 11.8 Å². The van der Waals surface area contributed by atoms with Gasteiger partial charge < -0.3 is 5.32 Å². The van der Waals surface area contributed by atoms with E-state index in [0.717, 1.165) is 42.3 Å². The first-order valence-corrected chi connectivity index (χ1v) is 11.2. The maximum atomic E-state index is 13.1. The lowest BCUT2D eigenvalue weighted by Gasteiger charge is -2.61. The van der Waals surface area contributed by atoms with E-state index in [0.29, 0.717) is 17.7 Å². The van der Waals surface area contributed by atoms with Crippen molar-refractivity contribution < 1.29 is 4.79 Å². The Morgan fingerprint density at radius 2 is 1.88 bits per heavy atom. The van der Waals surface area contributed by atoms with Crippen LogP contribution in [-0.4, -0.2) is 24.0 Å². The van der Waals surface area contributed by atoms with Crippen molar-refractivity contribution in [3.8, 4) is 0 Å². The second kappa shape index (κ2) is 6.81. The van der Waals surface area contributed by atoms with Gasteiger partial charge in [-0.25, -0.2) is 0 Å². The summed E-state index contributed by atoms with van der Waals surface area (Å²) in [6.07, 6.45) is 7.08. The van der Waals surface area contributed by atoms with Crippen LogP contribution in [0.15, 0.2) is 24.3 Å². The minimum atomic E-state index is -0.124. The van der Waals surface area contributed by atoms with Gasteiger partial charge in [0.25, 0.3) is 0 Å². The van der Waals surface area contributed by atoms with Gasteiger partial charge in [0.2, 0.25) is 5.91 Å². The van der Waals surface area contributed by atoms with E-state index in [1.54, 1.807) is 0 Å². The number of amides is 1. The Hall–Kier alpha value is -0.670. The van der Waals surface area contributed by atoms with Crippen molar-refractivity contribution in [1.29, 1.82) is 0 Å². The predicted octanol–water partition coefficient (Wildman–Crippen LogP) is 5.05. The molecule has 0 heterocycles. The number of nitrogens with one attached hydrogen (secondary N) is 1. The minimum Gasteiger partial charge on any atom is -0.355 e. The zero-order chi connectivity index (χ0) is 17.5. The standard InChI is InChI=1S/C21H28ClNOS/c1-2-25-8-7-23-19(24)21-12-15-9-16(13-21)11-20(10-15,14-21)17-3-5-18(22)6-4-17/h3-6,15-16H,2,7-14H2,1H3,(H,23,24). The highest BCUT2D eigenvalue weighted by molar-refractivity contribution is 7.99. The van der Waals surface area contributed by atoms with Gasteiger partial charge in [-0.15, -0.1) is 0 Å². The quantitative estimate of drug-likeness (QED) is 0.703. The fourth-order valence-electron chi connectivity index (χ4n) is 6.24. The van der Waals surface area contributed by atoms with Crippen molar-refractivity contribution in [2.24, 2.45) is 17.3 Å². The van der Waals surface area contributed by atoms with E-state index in [2.05, 4.69) is 24.4 Å². The third-order valence-corrected chi connectivity index (χ3v) is 7.89. The normalized spacial score (nSPS) is 35.8. The van der Waals surface area contributed by atoms with Gasteiger partial charge in [0.1, 0.15) is 0 Å². The van der Waals surface area contributed by atoms with Crippen LogP contribution < -0.4 is 5.32 Å². The van der Waals surface area contributed by atoms with Crippen LogP contribution in [0, 0.1) is 17.3 Å². The van der Waals surface area contributed by atoms with Gasteiger partial charge in [-0.1, -0.05) is 30.7 Å². The van der Waals surface area contributed by atoms with Crippen molar-refractivity contribution >= 4 is 29.3 Å². The number of carbonyl (C=O) groups is 1. The molecule has 2 unspecified atom stereocenters. The Labute approximate surface area is 160 Å². The lowest BCUT2D eigenvalue weighted by molar-refractivity contribution is -0.149. The monoisotopic (exact) mass is 377 g/mol. The third kappa shape index (κ3) is 3.23. The fraction of sp³-hybridized carbons (Fsp3) is 0.667. The Bertz CT molecular complexity index is 630. The molecule has 4 aliphatic rings. The Morgan fingerprint density at radius 1 is 1.20 bits per heavy atom. The van der Waals surface area contributed by atoms with Crippen LogP contribution in [0.1, 0.15) is 51.0 Å². The SMILES string of the molecule is CCSCCNC(=O)C12CC3CC(C1)CC(c1ccc(Cl)cc1)(C3)C2. The van der Waals surface area contributed by atoms with Crippen molar-refractivity contribution in [3.63, 3.8) is 0 Å². The number of rotatable bonds is 6. The molecule has 0 aliphatic heterocycles.